The van der Waals surface area contributed by atoms with Crippen molar-refractivity contribution < 1.29 is 9.47 Å². The summed E-state index contributed by atoms with van der Waals surface area (Å²) in [6, 6.07) is 8.11. The van der Waals surface area contributed by atoms with Gasteiger partial charge in [0.05, 0.1) is 6.61 Å². The number of nitrogens with zero attached hydrogens (tertiary/aromatic N) is 2. The summed E-state index contributed by atoms with van der Waals surface area (Å²) in [7, 11) is 5.83. The summed E-state index contributed by atoms with van der Waals surface area (Å²) >= 11 is 0. The largest absolute Gasteiger partial charge is 0.492 e. The van der Waals surface area contributed by atoms with Gasteiger partial charge in [-0.25, -0.2) is 0 Å². The average molecular weight is 322 g/mol. The highest BCUT2D eigenvalue weighted by Crippen LogP contribution is 2.13. The lowest BCUT2D eigenvalue weighted by atomic mass is 10.2. The minimum Gasteiger partial charge on any atom is -0.492 e. The van der Waals surface area contributed by atoms with Crippen molar-refractivity contribution in [1.82, 2.24) is 15.5 Å². The van der Waals surface area contributed by atoms with Crippen molar-refractivity contribution in [2.24, 2.45) is 4.99 Å². The van der Waals surface area contributed by atoms with Gasteiger partial charge in [0.25, 0.3) is 0 Å². The standard InChI is InChI=1S/C17H30N4O2/c1-5-22-11-9-19-17(18-2)20-14-15-7-6-8-16(13-15)23-12-10-21(3)4/h6-8,13H,5,9-12,14H2,1-4H3,(H2,18,19,20). The predicted octanol–water partition coefficient (Wildman–Crippen LogP) is 1.33. The Bertz CT molecular complexity index is 464. The predicted molar refractivity (Wildman–Crippen MR) is 95.2 cm³/mol. The highest BCUT2D eigenvalue weighted by atomic mass is 16.5. The SMILES string of the molecule is CCOCCNC(=NC)NCc1cccc(OCCN(C)C)c1. The number of aliphatic imine (C=N–C) groups is 1. The van der Waals surface area contributed by atoms with E-state index in [2.05, 4.69) is 32.7 Å². The molecular formula is C17H30N4O2. The minimum atomic E-state index is 0.673. The fourth-order valence-corrected chi connectivity index (χ4v) is 1.88. The van der Waals surface area contributed by atoms with Crippen LogP contribution in [0.25, 0.3) is 0 Å². The van der Waals surface area contributed by atoms with Gasteiger partial charge in [0.15, 0.2) is 5.96 Å². The average Bonchev–Trinajstić information content (AvgIpc) is 2.54. The molecule has 1 aromatic carbocycles. The zero-order chi connectivity index (χ0) is 16.9. The van der Waals surface area contributed by atoms with Crippen molar-refractivity contribution in [3.8, 4) is 5.75 Å². The van der Waals surface area contributed by atoms with Gasteiger partial charge >= 0.3 is 0 Å². The number of hydrogen-bond acceptors (Lipinski definition) is 4. The van der Waals surface area contributed by atoms with Gasteiger partial charge in [-0.1, -0.05) is 12.1 Å². The Balaban J connectivity index is 2.38. The molecule has 0 saturated heterocycles. The fraction of sp³-hybridized carbons (Fsp3) is 0.588. The van der Waals surface area contributed by atoms with E-state index in [1.54, 1.807) is 7.05 Å². The molecule has 0 fully saturated rings. The van der Waals surface area contributed by atoms with E-state index in [4.69, 9.17) is 9.47 Å². The molecule has 0 heterocycles. The van der Waals surface area contributed by atoms with Crippen LogP contribution >= 0.6 is 0 Å². The lowest BCUT2D eigenvalue weighted by Crippen LogP contribution is -2.38. The third-order valence-electron chi connectivity index (χ3n) is 3.13. The normalized spacial score (nSPS) is 11.6. The molecule has 0 unspecified atom stereocenters. The summed E-state index contributed by atoms with van der Waals surface area (Å²) in [6.45, 7) is 6.41. The van der Waals surface area contributed by atoms with Crippen LogP contribution in [0.4, 0.5) is 0 Å². The Labute approximate surface area is 139 Å². The summed E-state index contributed by atoms with van der Waals surface area (Å²) in [4.78, 5) is 6.29. The zero-order valence-electron chi connectivity index (χ0n) is 14.8. The van der Waals surface area contributed by atoms with E-state index < -0.39 is 0 Å². The van der Waals surface area contributed by atoms with Crippen molar-refractivity contribution >= 4 is 5.96 Å². The summed E-state index contributed by atoms with van der Waals surface area (Å²) in [6.07, 6.45) is 0. The van der Waals surface area contributed by atoms with Gasteiger partial charge in [0.2, 0.25) is 0 Å². The molecule has 0 amide bonds. The van der Waals surface area contributed by atoms with E-state index in [0.29, 0.717) is 19.8 Å². The molecule has 0 bridgehead atoms. The van der Waals surface area contributed by atoms with Crippen molar-refractivity contribution in [2.45, 2.75) is 13.5 Å². The number of benzene rings is 1. The summed E-state index contributed by atoms with van der Waals surface area (Å²) < 4.78 is 11.0. The second-order valence-corrected chi connectivity index (χ2v) is 5.35. The second-order valence-electron chi connectivity index (χ2n) is 5.35. The number of nitrogens with one attached hydrogen (secondary N) is 2. The Hall–Kier alpha value is -1.79. The quantitative estimate of drug-likeness (QED) is 0.387. The molecule has 0 aliphatic heterocycles. The fourth-order valence-electron chi connectivity index (χ4n) is 1.88. The van der Waals surface area contributed by atoms with Crippen LogP contribution in [0, 0.1) is 0 Å². The zero-order valence-corrected chi connectivity index (χ0v) is 14.8. The smallest absolute Gasteiger partial charge is 0.191 e. The van der Waals surface area contributed by atoms with Crippen LogP contribution in [0.5, 0.6) is 5.75 Å². The monoisotopic (exact) mass is 322 g/mol. The highest BCUT2D eigenvalue weighted by molar-refractivity contribution is 5.79. The van der Waals surface area contributed by atoms with Crippen LogP contribution in [0.3, 0.4) is 0 Å². The molecule has 130 valence electrons. The van der Waals surface area contributed by atoms with Gasteiger partial charge in [-0.15, -0.1) is 0 Å². The first-order valence-corrected chi connectivity index (χ1v) is 8.04. The number of likely N-dealkylation sites (N-methyl/N-ethyl adjacent to an activating group) is 1. The molecule has 0 aromatic heterocycles. The first kappa shape index (κ1) is 19.3. The van der Waals surface area contributed by atoms with Crippen LogP contribution in [0.2, 0.25) is 0 Å². The van der Waals surface area contributed by atoms with Crippen LogP contribution in [-0.2, 0) is 11.3 Å². The topological polar surface area (TPSA) is 58.1 Å². The first-order chi connectivity index (χ1) is 11.2. The van der Waals surface area contributed by atoms with Crippen molar-refractivity contribution in [3.63, 3.8) is 0 Å². The minimum absolute atomic E-state index is 0.673. The van der Waals surface area contributed by atoms with E-state index in [0.717, 1.165) is 37.0 Å². The molecular weight excluding hydrogens is 292 g/mol. The maximum absolute atomic E-state index is 5.75. The van der Waals surface area contributed by atoms with Crippen LogP contribution in [0.15, 0.2) is 29.3 Å². The van der Waals surface area contributed by atoms with Gasteiger partial charge in [0.1, 0.15) is 12.4 Å². The van der Waals surface area contributed by atoms with E-state index in [-0.39, 0.29) is 0 Å². The Kier molecular flexibility index (Phi) is 9.83. The lowest BCUT2D eigenvalue weighted by molar-refractivity contribution is 0.152. The van der Waals surface area contributed by atoms with Crippen molar-refractivity contribution in [3.05, 3.63) is 29.8 Å². The molecule has 6 heteroatoms. The Morgan fingerprint density at radius 1 is 1.22 bits per heavy atom. The highest BCUT2D eigenvalue weighted by Gasteiger charge is 2.00. The number of rotatable bonds is 10. The number of hydrogen-bond donors (Lipinski definition) is 2. The van der Waals surface area contributed by atoms with Gasteiger partial charge in [-0.2, -0.15) is 0 Å². The van der Waals surface area contributed by atoms with Crippen LogP contribution in [-0.4, -0.2) is 64.9 Å². The van der Waals surface area contributed by atoms with E-state index in [9.17, 15) is 0 Å². The maximum Gasteiger partial charge on any atom is 0.191 e. The third-order valence-corrected chi connectivity index (χ3v) is 3.13. The van der Waals surface area contributed by atoms with Crippen molar-refractivity contribution in [2.75, 3.05) is 54.1 Å². The molecule has 23 heavy (non-hydrogen) atoms. The van der Waals surface area contributed by atoms with Crippen molar-refractivity contribution in [1.29, 1.82) is 0 Å². The molecule has 0 aliphatic carbocycles. The second kappa shape index (κ2) is 11.7. The van der Waals surface area contributed by atoms with E-state index >= 15 is 0 Å². The summed E-state index contributed by atoms with van der Waals surface area (Å²) in [5.74, 6) is 1.66. The lowest BCUT2D eigenvalue weighted by Gasteiger charge is -2.13. The number of guanidine groups is 1. The molecule has 1 rings (SSSR count). The van der Waals surface area contributed by atoms with Gasteiger partial charge < -0.3 is 25.0 Å². The summed E-state index contributed by atoms with van der Waals surface area (Å²) in [5, 5.41) is 6.50. The van der Waals surface area contributed by atoms with E-state index in [1.165, 1.54) is 0 Å². The molecule has 0 atom stereocenters. The Morgan fingerprint density at radius 3 is 2.74 bits per heavy atom. The maximum atomic E-state index is 5.75. The molecule has 2 N–H and O–H groups in total. The molecule has 0 saturated carbocycles. The first-order valence-electron chi connectivity index (χ1n) is 8.04. The van der Waals surface area contributed by atoms with Gasteiger partial charge in [-0.05, 0) is 38.7 Å². The number of ether oxygens (including phenoxy) is 2. The van der Waals surface area contributed by atoms with Gasteiger partial charge in [0, 0.05) is 33.3 Å². The van der Waals surface area contributed by atoms with Gasteiger partial charge in [-0.3, -0.25) is 4.99 Å². The molecule has 1 aromatic rings. The molecule has 0 spiro atoms. The Morgan fingerprint density at radius 2 is 2.04 bits per heavy atom. The molecule has 6 nitrogen and oxygen atoms in total. The van der Waals surface area contributed by atoms with Crippen LogP contribution < -0.4 is 15.4 Å². The summed E-state index contributed by atoms with van der Waals surface area (Å²) in [5.41, 5.74) is 1.15. The molecule has 0 aliphatic rings. The van der Waals surface area contributed by atoms with E-state index in [1.807, 2.05) is 33.2 Å². The third kappa shape index (κ3) is 9.05. The van der Waals surface area contributed by atoms with Crippen LogP contribution in [0.1, 0.15) is 12.5 Å². The molecule has 0 radical (unpaired) electrons.